The second kappa shape index (κ2) is 7.04. The van der Waals surface area contributed by atoms with Crippen molar-refractivity contribution in [3.63, 3.8) is 0 Å². The number of carbonyl (C=O) groups is 1. The van der Waals surface area contributed by atoms with Crippen LogP contribution in [0.3, 0.4) is 0 Å². The maximum absolute atomic E-state index is 11.4. The fourth-order valence-electron chi connectivity index (χ4n) is 2.16. The van der Waals surface area contributed by atoms with Gasteiger partial charge in [-0.25, -0.2) is 4.98 Å². The highest BCUT2D eigenvalue weighted by molar-refractivity contribution is 7.13. The van der Waals surface area contributed by atoms with E-state index in [0.717, 1.165) is 10.8 Å². The highest BCUT2D eigenvalue weighted by Crippen LogP contribution is 2.29. The van der Waals surface area contributed by atoms with Gasteiger partial charge in [-0.2, -0.15) is 0 Å². The van der Waals surface area contributed by atoms with Gasteiger partial charge in [-0.15, -0.1) is 22.7 Å². The van der Waals surface area contributed by atoms with Crippen molar-refractivity contribution in [2.24, 2.45) is 0 Å². The number of carbonyl (C=O) groups excluding carboxylic acids is 1. The molecule has 0 aromatic carbocycles. The van der Waals surface area contributed by atoms with Crippen LogP contribution in [-0.2, 0) is 16.0 Å². The minimum Gasteiger partial charge on any atom is -0.466 e. The van der Waals surface area contributed by atoms with Crippen LogP contribution in [-0.4, -0.2) is 17.6 Å². The Bertz CT molecular complexity index is 619. The quantitative estimate of drug-likeness (QED) is 0.813. The summed E-state index contributed by atoms with van der Waals surface area (Å²) in [5.74, 6) is -0.230. The van der Waals surface area contributed by atoms with Gasteiger partial charge in [0.2, 0.25) is 0 Å². The second-order valence-corrected chi connectivity index (χ2v) is 7.18. The van der Waals surface area contributed by atoms with Gasteiger partial charge in [0, 0.05) is 15.1 Å². The number of aryl methyl sites for hydroxylation is 2. The number of rotatable bonds is 6. The van der Waals surface area contributed by atoms with Crippen LogP contribution >= 0.6 is 22.7 Å². The van der Waals surface area contributed by atoms with E-state index in [1.807, 2.05) is 16.7 Å². The molecular formula is C15H20N2O2S2. The van der Waals surface area contributed by atoms with E-state index in [4.69, 9.17) is 4.74 Å². The van der Waals surface area contributed by atoms with Gasteiger partial charge in [-0.05, 0) is 39.3 Å². The summed E-state index contributed by atoms with van der Waals surface area (Å²) in [6, 6.07) is 2.42. The lowest BCUT2D eigenvalue weighted by Crippen LogP contribution is -2.09. The summed E-state index contributed by atoms with van der Waals surface area (Å²) in [5, 5.41) is 6.14. The van der Waals surface area contributed by atoms with Gasteiger partial charge in [0.25, 0.3) is 0 Å². The number of ether oxygens (including phenoxy) is 1. The van der Waals surface area contributed by atoms with Gasteiger partial charge in [-0.1, -0.05) is 0 Å². The highest BCUT2D eigenvalue weighted by Gasteiger charge is 2.14. The Morgan fingerprint density at radius 1 is 1.48 bits per heavy atom. The first-order valence-corrected chi connectivity index (χ1v) is 8.62. The predicted octanol–water partition coefficient (Wildman–Crippen LogP) is 4.10. The van der Waals surface area contributed by atoms with E-state index < -0.39 is 0 Å². The van der Waals surface area contributed by atoms with E-state index in [9.17, 15) is 4.79 Å². The lowest BCUT2D eigenvalue weighted by atomic mass is 10.1. The van der Waals surface area contributed by atoms with Crippen LogP contribution in [0.2, 0.25) is 0 Å². The molecule has 1 N–H and O–H groups in total. The Kier molecular flexibility index (Phi) is 5.36. The molecule has 0 amide bonds. The molecule has 0 aliphatic carbocycles. The molecule has 0 bridgehead atoms. The van der Waals surface area contributed by atoms with Crippen molar-refractivity contribution in [2.75, 3.05) is 11.9 Å². The Balaban J connectivity index is 1.99. The molecule has 2 aromatic heterocycles. The van der Waals surface area contributed by atoms with Crippen molar-refractivity contribution in [1.29, 1.82) is 0 Å². The Morgan fingerprint density at radius 2 is 2.24 bits per heavy atom. The van der Waals surface area contributed by atoms with Crippen molar-refractivity contribution >= 4 is 33.8 Å². The number of aromatic nitrogens is 1. The third-order valence-corrected chi connectivity index (χ3v) is 4.87. The first-order chi connectivity index (χ1) is 9.99. The lowest BCUT2D eigenvalue weighted by molar-refractivity contribution is -0.142. The molecule has 0 spiro atoms. The molecule has 21 heavy (non-hydrogen) atoms. The van der Waals surface area contributed by atoms with Crippen molar-refractivity contribution in [3.8, 4) is 0 Å². The van der Waals surface area contributed by atoms with Gasteiger partial charge < -0.3 is 10.1 Å². The van der Waals surface area contributed by atoms with Crippen molar-refractivity contribution < 1.29 is 9.53 Å². The molecule has 2 rings (SSSR count). The fourth-order valence-corrected chi connectivity index (χ4v) is 3.98. The zero-order chi connectivity index (χ0) is 15.4. The number of hydrogen-bond donors (Lipinski definition) is 1. The standard InChI is InChI=1S/C15H20N2O2S2/c1-5-19-14(18)7-12-8-20-15(17-12)16-10(3)13-6-9(2)21-11(13)4/h6,8,10H,5,7H2,1-4H3,(H,16,17). The summed E-state index contributed by atoms with van der Waals surface area (Å²) in [5.41, 5.74) is 2.06. The summed E-state index contributed by atoms with van der Waals surface area (Å²) in [4.78, 5) is 18.5. The van der Waals surface area contributed by atoms with Gasteiger partial charge in [0.15, 0.2) is 5.13 Å². The van der Waals surface area contributed by atoms with Crippen LogP contribution in [0.5, 0.6) is 0 Å². The minimum atomic E-state index is -0.230. The van der Waals surface area contributed by atoms with E-state index in [2.05, 4.69) is 37.1 Å². The van der Waals surface area contributed by atoms with E-state index in [1.165, 1.54) is 26.7 Å². The van der Waals surface area contributed by atoms with E-state index in [1.54, 1.807) is 6.92 Å². The third kappa shape index (κ3) is 4.28. The van der Waals surface area contributed by atoms with Crippen LogP contribution in [0.1, 0.15) is 40.9 Å². The number of nitrogens with zero attached hydrogens (tertiary/aromatic N) is 1. The summed E-state index contributed by atoms with van der Waals surface area (Å²) < 4.78 is 4.93. The molecule has 1 atom stereocenters. The first kappa shape index (κ1) is 16.0. The van der Waals surface area contributed by atoms with Gasteiger partial charge in [0.1, 0.15) is 0 Å². The summed E-state index contributed by atoms with van der Waals surface area (Å²) in [6.45, 7) is 8.59. The van der Waals surface area contributed by atoms with Crippen LogP contribution < -0.4 is 5.32 Å². The predicted molar refractivity (Wildman–Crippen MR) is 88.3 cm³/mol. The Labute approximate surface area is 133 Å². The maximum atomic E-state index is 11.4. The van der Waals surface area contributed by atoms with Crippen LogP contribution in [0, 0.1) is 13.8 Å². The normalized spacial score (nSPS) is 12.2. The van der Waals surface area contributed by atoms with Crippen LogP contribution in [0.15, 0.2) is 11.4 Å². The SMILES string of the molecule is CCOC(=O)Cc1csc(NC(C)c2cc(C)sc2C)n1. The van der Waals surface area contributed by atoms with Gasteiger partial charge in [-0.3, -0.25) is 4.79 Å². The van der Waals surface area contributed by atoms with Gasteiger partial charge >= 0.3 is 5.97 Å². The Hall–Kier alpha value is -1.40. The molecule has 0 saturated carbocycles. The molecule has 0 radical (unpaired) electrons. The Morgan fingerprint density at radius 3 is 2.86 bits per heavy atom. The number of anilines is 1. The summed E-state index contributed by atoms with van der Waals surface area (Å²) in [6.07, 6.45) is 0.233. The molecule has 0 aliphatic rings. The maximum Gasteiger partial charge on any atom is 0.311 e. The van der Waals surface area contributed by atoms with Gasteiger partial charge in [0.05, 0.1) is 24.8 Å². The monoisotopic (exact) mass is 324 g/mol. The van der Waals surface area contributed by atoms with Crippen molar-refractivity contribution in [3.05, 3.63) is 32.5 Å². The molecule has 0 aliphatic heterocycles. The zero-order valence-electron chi connectivity index (χ0n) is 12.7. The molecule has 2 heterocycles. The molecule has 114 valence electrons. The van der Waals surface area contributed by atoms with Crippen molar-refractivity contribution in [1.82, 2.24) is 4.98 Å². The number of thiazole rings is 1. The zero-order valence-corrected chi connectivity index (χ0v) is 14.4. The molecule has 6 heteroatoms. The highest BCUT2D eigenvalue weighted by atomic mass is 32.1. The molecule has 4 nitrogen and oxygen atoms in total. The number of hydrogen-bond acceptors (Lipinski definition) is 6. The minimum absolute atomic E-state index is 0.205. The van der Waals surface area contributed by atoms with E-state index >= 15 is 0 Å². The third-order valence-electron chi connectivity index (χ3n) is 3.07. The topological polar surface area (TPSA) is 51.2 Å². The smallest absolute Gasteiger partial charge is 0.311 e. The average Bonchev–Trinajstić information content (AvgIpc) is 2.96. The molecule has 1 unspecified atom stereocenters. The number of esters is 1. The molecule has 0 saturated heterocycles. The van der Waals surface area contributed by atoms with Crippen molar-refractivity contribution in [2.45, 2.75) is 40.2 Å². The molecular weight excluding hydrogens is 304 g/mol. The first-order valence-electron chi connectivity index (χ1n) is 6.93. The summed E-state index contributed by atoms with van der Waals surface area (Å²) in [7, 11) is 0. The fraction of sp³-hybridized carbons (Fsp3) is 0.467. The number of thiophene rings is 1. The second-order valence-electron chi connectivity index (χ2n) is 4.86. The average molecular weight is 324 g/mol. The van der Waals surface area contributed by atoms with Crippen LogP contribution in [0.25, 0.3) is 0 Å². The van der Waals surface area contributed by atoms with E-state index in [-0.39, 0.29) is 18.4 Å². The van der Waals surface area contributed by atoms with Crippen LogP contribution in [0.4, 0.5) is 5.13 Å². The lowest BCUT2D eigenvalue weighted by Gasteiger charge is -2.12. The molecule has 2 aromatic rings. The number of nitrogens with one attached hydrogen (secondary N) is 1. The summed E-state index contributed by atoms with van der Waals surface area (Å²) >= 11 is 3.33. The molecule has 0 fully saturated rings. The largest absolute Gasteiger partial charge is 0.466 e. The van der Waals surface area contributed by atoms with E-state index in [0.29, 0.717) is 6.61 Å².